The zero-order chi connectivity index (χ0) is 23.5. The molecule has 0 aliphatic heterocycles. The molecule has 1 amide bonds. The van der Waals surface area contributed by atoms with Gasteiger partial charge in [-0.2, -0.15) is 5.10 Å². The molecule has 4 rings (SSSR count). The van der Waals surface area contributed by atoms with Gasteiger partial charge in [-0.1, -0.05) is 45.8 Å². The average Bonchev–Trinajstić information content (AvgIpc) is 3.19. The molecule has 0 saturated heterocycles. The molecule has 1 N–H and O–H groups in total. The van der Waals surface area contributed by atoms with Gasteiger partial charge in [-0.05, 0) is 116 Å². The van der Waals surface area contributed by atoms with Crippen LogP contribution in [0.4, 0.5) is 0 Å². The first-order chi connectivity index (χ1) is 15.8. The lowest BCUT2D eigenvalue weighted by Gasteiger charge is -2.11. The second-order valence-electron chi connectivity index (χ2n) is 7.20. The van der Waals surface area contributed by atoms with Crippen molar-refractivity contribution in [3.63, 3.8) is 0 Å². The van der Waals surface area contributed by atoms with Crippen LogP contribution in [-0.2, 0) is 6.61 Å². The third-order valence-corrected chi connectivity index (χ3v) is 7.53. The molecule has 5 nitrogen and oxygen atoms in total. The van der Waals surface area contributed by atoms with Crippen molar-refractivity contribution in [1.29, 1.82) is 0 Å². The molecule has 0 fully saturated rings. The van der Waals surface area contributed by atoms with Crippen LogP contribution in [0, 0.1) is 17.6 Å². The van der Waals surface area contributed by atoms with Crippen molar-refractivity contribution in [2.24, 2.45) is 5.10 Å². The van der Waals surface area contributed by atoms with Gasteiger partial charge in [0.15, 0.2) is 5.76 Å². The Kier molecular flexibility index (Phi) is 8.33. The van der Waals surface area contributed by atoms with Crippen LogP contribution in [0.1, 0.15) is 27.2 Å². The largest absolute Gasteiger partial charge is 0.487 e. The van der Waals surface area contributed by atoms with E-state index in [1.54, 1.807) is 12.3 Å². The number of nitrogens with one attached hydrogen (secondary N) is 1. The summed E-state index contributed by atoms with van der Waals surface area (Å²) >= 11 is 10.1. The van der Waals surface area contributed by atoms with Gasteiger partial charge in [-0.25, -0.2) is 5.43 Å². The van der Waals surface area contributed by atoms with Crippen LogP contribution >= 0.6 is 83.7 Å². The van der Waals surface area contributed by atoms with E-state index < -0.39 is 5.91 Å². The van der Waals surface area contributed by atoms with Crippen LogP contribution in [0.15, 0.2) is 68.6 Å². The summed E-state index contributed by atoms with van der Waals surface area (Å²) in [4.78, 5) is 12.5. The van der Waals surface area contributed by atoms with E-state index in [9.17, 15) is 4.79 Å². The summed E-state index contributed by atoms with van der Waals surface area (Å²) in [6.07, 6.45) is 1.61. The van der Waals surface area contributed by atoms with Crippen molar-refractivity contribution >= 4 is 107 Å². The number of rotatable bonds is 6. The summed E-state index contributed by atoms with van der Waals surface area (Å²) in [5, 5.41) is 4.95. The minimum atomic E-state index is -0.406. The van der Waals surface area contributed by atoms with Crippen molar-refractivity contribution < 1.29 is 13.9 Å². The molecule has 0 aliphatic carbocycles. The third-order valence-electron chi connectivity index (χ3n) is 4.66. The zero-order valence-corrected chi connectivity index (χ0v) is 25.2. The number of hydrogen-bond acceptors (Lipinski definition) is 4. The number of aryl methyl sites for hydroxylation is 1. The molecular weight excluding hydrogens is 825 g/mol. The van der Waals surface area contributed by atoms with Gasteiger partial charge in [0.05, 0.1) is 16.9 Å². The molecule has 33 heavy (non-hydrogen) atoms. The minimum absolute atomic E-state index is 0.210. The summed E-state index contributed by atoms with van der Waals surface area (Å²) in [5.74, 6) is 0.639. The number of ether oxygens (including phenoxy) is 1. The fraction of sp³-hybridized carbons (Fsp3) is 0.0833. The highest BCUT2D eigenvalue weighted by atomic mass is 127. The summed E-state index contributed by atoms with van der Waals surface area (Å²) in [5.41, 5.74) is 6.41. The van der Waals surface area contributed by atoms with Gasteiger partial charge in [-0.15, -0.1) is 0 Å². The van der Waals surface area contributed by atoms with Gasteiger partial charge in [0.1, 0.15) is 17.9 Å². The number of amides is 1. The molecule has 0 atom stereocenters. The average molecular weight is 841 g/mol. The smallest absolute Gasteiger partial charge is 0.307 e. The van der Waals surface area contributed by atoms with E-state index >= 15 is 0 Å². The van der Waals surface area contributed by atoms with Crippen molar-refractivity contribution in [3.8, 4) is 5.75 Å². The molecule has 1 heterocycles. The Morgan fingerprint density at radius 3 is 2.45 bits per heavy atom. The predicted octanol–water partition coefficient (Wildman–Crippen LogP) is 7.66. The third kappa shape index (κ3) is 6.28. The van der Waals surface area contributed by atoms with Gasteiger partial charge in [0, 0.05) is 9.86 Å². The molecule has 9 heteroatoms. The standard InChI is InChI=1S/C24H16BrI3N2O3/c1-13-2-4-14(5-3-13)12-32-23-18(26)6-15(7-19(23)27)11-29-30-24(31)21-9-16-8-17(25)10-20(28)22(16)33-21/h2-11H,12H2,1H3,(H,30,31)/b29-11-. The molecule has 0 aliphatic rings. The molecule has 1 aromatic heterocycles. The Morgan fingerprint density at radius 2 is 1.76 bits per heavy atom. The first kappa shape index (κ1) is 24.9. The van der Waals surface area contributed by atoms with Gasteiger partial charge >= 0.3 is 5.91 Å². The Hall–Kier alpha value is -1.19. The van der Waals surface area contributed by atoms with Crippen molar-refractivity contribution in [1.82, 2.24) is 5.43 Å². The maximum Gasteiger partial charge on any atom is 0.307 e. The summed E-state index contributed by atoms with van der Waals surface area (Å²) < 4.78 is 15.6. The first-order valence-electron chi connectivity index (χ1n) is 9.69. The fourth-order valence-corrected chi connectivity index (χ4v) is 6.83. The summed E-state index contributed by atoms with van der Waals surface area (Å²) in [6, 6.07) is 17.8. The SMILES string of the molecule is Cc1ccc(COc2c(I)cc(/C=N\NC(=O)c3cc4cc(Br)cc(I)c4o3)cc2I)cc1. The molecule has 0 saturated carbocycles. The highest BCUT2D eigenvalue weighted by Gasteiger charge is 2.14. The van der Waals surface area contributed by atoms with E-state index in [1.165, 1.54) is 5.56 Å². The summed E-state index contributed by atoms with van der Waals surface area (Å²) in [6.45, 7) is 2.57. The van der Waals surface area contributed by atoms with Gasteiger partial charge in [-0.3, -0.25) is 4.79 Å². The number of fused-ring (bicyclic) bond motifs is 1. The molecule has 4 aromatic rings. The van der Waals surface area contributed by atoms with E-state index in [0.29, 0.717) is 12.2 Å². The number of halogens is 4. The molecule has 0 spiro atoms. The number of carbonyl (C=O) groups excluding carboxylic acids is 1. The maximum atomic E-state index is 12.5. The van der Waals surface area contributed by atoms with Crippen molar-refractivity contribution in [2.75, 3.05) is 0 Å². The van der Waals surface area contributed by atoms with Gasteiger partial charge in [0.25, 0.3) is 0 Å². The Balaban J connectivity index is 1.42. The lowest BCUT2D eigenvalue weighted by atomic mass is 10.2. The minimum Gasteiger partial charge on any atom is -0.487 e. The summed E-state index contributed by atoms with van der Waals surface area (Å²) in [7, 11) is 0. The number of benzene rings is 3. The number of furan rings is 1. The Morgan fingerprint density at radius 1 is 1.06 bits per heavy atom. The van der Waals surface area contributed by atoms with Gasteiger partial charge in [0.2, 0.25) is 0 Å². The number of carbonyl (C=O) groups is 1. The number of nitrogens with zero attached hydrogens (tertiary/aromatic N) is 1. The lowest BCUT2D eigenvalue weighted by molar-refractivity contribution is 0.0929. The second-order valence-corrected chi connectivity index (χ2v) is 11.6. The zero-order valence-electron chi connectivity index (χ0n) is 17.2. The topological polar surface area (TPSA) is 63.8 Å². The molecule has 0 unspecified atom stereocenters. The normalized spacial score (nSPS) is 11.3. The quantitative estimate of drug-likeness (QED) is 0.123. The molecule has 0 radical (unpaired) electrons. The van der Waals surface area contributed by atoms with Crippen LogP contribution in [0.5, 0.6) is 5.75 Å². The van der Waals surface area contributed by atoms with Crippen LogP contribution < -0.4 is 10.2 Å². The molecular formula is C24H16BrI3N2O3. The fourth-order valence-electron chi connectivity index (χ4n) is 3.04. The maximum absolute atomic E-state index is 12.5. The lowest BCUT2D eigenvalue weighted by Crippen LogP contribution is -2.16. The number of hydrogen-bond donors (Lipinski definition) is 1. The molecule has 0 bridgehead atoms. The second kappa shape index (κ2) is 11.0. The van der Waals surface area contributed by atoms with Crippen LogP contribution in [0.2, 0.25) is 0 Å². The van der Waals surface area contributed by atoms with Gasteiger partial charge < -0.3 is 9.15 Å². The van der Waals surface area contributed by atoms with E-state index in [0.717, 1.165) is 37.4 Å². The van der Waals surface area contributed by atoms with Crippen molar-refractivity contribution in [3.05, 3.63) is 92.2 Å². The molecule has 3 aromatic carbocycles. The number of hydrazone groups is 1. The van der Waals surface area contributed by atoms with Crippen LogP contribution in [0.3, 0.4) is 0 Å². The van der Waals surface area contributed by atoms with E-state index in [4.69, 9.17) is 9.15 Å². The Bertz CT molecular complexity index is 1340. The van der Waals surface area contributed by atoms with E-state index in [2.05, 4.69) is 125 Å². The monoisotopic (exact) mass is 840 g/mol. The van der Waals surface area contributed by atoms with E-state index in [1.807, 2.05) is 24.3 Å². The molecule has 168 valence electrons. The first-order valence-corrected chi connectivity index (χ1v) is 13.7. The van der Waals surface area contributed by atoms with Crippen molar-refractivity contribution in [2.45, 2.75) is 13.5 Å². The predicted molar refractivity (Wildman–Crippen MR) is 159 cm³/mol. The highest BCUT2D eigenvalue weighted by Crippen LogP contribution is 2.30. The van der Waals surface area contributed by atoms with Crippen LogP contribution in [0.25, 0.3) is 11.0 Å². The highest BCUT2D eigenvalue weighted by molar-refractivity contribution is 14.1. The Labute approximate surface area is 240 Å². The van der Waals surface area contributed by atoms with Crippen LogP contribution in [-0.4, -0.2) is 12.1 Å². The van der Waals surface area contributed by atoms with E-state index in [-0.39, 0.29) is 5.76 Å².